The molecule has 2 rings (SSSR count). The van der Waals surface area contributed by atoms with Crippen molar-refractivity contribution in [3.05, 3.63) is 0 Å². The Bertz CT molecular complexity index is 303. The molecule has 2 amide bonds. The Balaban J connectivity index is 1.79. The molecule has 0 aromatic carbocycles. The number of carbonyl (C=O) groups is 1. The van der Waals surface area contributed by atoms with E-state index in [-0.39, 0.29) is 6.03 Å². The van der Waals surface area contributed by atoms with Crippen LogP contribution < -0.4 is 0 Å². The standard InChI is InChI=1S/C15H30N4O/c1-4-17(5-2)15(20)19-12-10-18(11-13-19)14-6-8-16(3)9-7-14/h14H,4-13H2,1-3H3. The fourth-order valence-electron chi connectivity index (χ4n) is 3.33. The van der Waals surface area contributed by atoms with Crippen molar-refractivity contribution in [2.24, 2.45) is 0 Å². The Kier molecular flexibility index (Phi) is 5.66. The summed E-state index contributed by atoms with van der Waals surface area (Å²) in [4.78, 5) is 21.3. The highest BCUT2D eigenvalue weighted by atomic mass is 16.2. The average Bonchev–Trinajstić information content (AvgIpc) is 2.49. The lowest BCUT2D eigenvalue weighted by Gasteiger charge is -2.43. The van der Waals surface area contributed by atoms with Crippen LogP contribution in [0.4, 0.5) is 4.79 Å². The van der Waals surface area contributed by atoms with Gasteiger partial charge in [0.15, 0.2) is 0 Å². The van der Waals surface area contributed by atoms with E-state index < -0.39 is 0 Å². The summed E-state index contributed by atoms with van der Waals surface area (Å²) < 4.78 is 0. The summed E-state index contributed by atoms with van der Waals surface area (Å²) in [6, 6.07) is 0.954. The van der Waals surface area contributed by atoms with Gasteiger partial charge in [-0.25, -0.2) is 4.79 Å². The van der Waals surface area contributed by atoms with E-state index in [1.54, 1.807) is 0 Å². The van der Waals surface area contributed by atoms with E-state index in [9.17, 15) is 4.79 Å². The molecule has 0 unspecified atom stereocenters. The van der Waals surface area contributed by atoms with E-state index in [0.29, 0.717) is 0 Å². The number of amides is 2. The monoisotopic (exact) mass is 282 g/mol. The summed E-state index contributed by atoms with van der Waals surface area (Å²) in [5, 5.41) is 0. The van der Waals surface area contributed by atoms with Crippen molar-refractivity contribution >= 4 is 6.03 Å². The van der Waals surface area contributed by atoms with Gasteiger partial charge in [-0.3, -0.25) is 4.90 Å². The zero-order chi connectivity index (χ0) is 14.5. The van der Waals surface area contributed by atoms with Crippen LogP contribution in [0.2, 0.25) is 0 Å². The Morgan fingerprint density at radius 2 is 1.55 bits per heavy atom. The number of rotatable bonds is 3. The van der Waals surface area contributed by atoms with Crippen molar-refractivity contribution < 1.29 is 4.79 Å². The molecule has 0 bridgehead atoms. The molecule has 2 fully saturated rings. The number of urea groups is 1. The van der Waals surface area contributed by atoms with E-state index in [0.717, 1.165) is 45.3 Å². The number of piperidine rings is 1. The van der Waals surface area contributed by atoms with Crippen LogP contribution in [0.3, 0.4) is 0 Å². The first-order chi connectivity index (χ1) is 9.65. The zero-order valence-electron chi connectivity index (χ0n) is 13.3. The van der Waals surface area contributed by atoms with Gasteiger partial charge in [0.1, 0.15) is 0 Å². The topological polar surface area (TPSA) is 30.0 Å². The first-order valence-corrected chi connectivity index (χ1v) is 8.12. The molecule has 0 radical (unpaired) electrons. The summed E-state index contributed by atoms with van der Waals surface area (Å²) in [6.45, 7) is 12.0. The Morgan fingerprint density at radius 3 is 2.05 bits per heavy atom. The van der Waals surface area contributed by atoms with E-state index in [1.807, 2.05) is 9.80 Å². The predicted molar refractivity (Wildman–Crippen MR) is 82.0 cm³/mol. The second kappa shape index (κ2) is 7.27. The second-order valence-electron chi connectivity index (χ2n) is 6.01. The van der Waals surface area contributed by atoms with E-state index in [4.69, 9.17) is 0 Å². The smallest absolute Gasteiger partial charge is 0.320 e. The van der Waals surface area contributed by atoms with Crippen LogP contribution in [0.15, 0.2) is 0 Å². The van der Waals surface area contributed by atoms with Gasteiger partial charge in [0.25, 0.3) is 0 Å². The van der Waals surface area contributed by atoms with Crippen LogP contribution in [0.1, 0.15) is 26.7 Å². The molecule has 0 aliphatic carbocycles. The van der Waals surface area contributed by atoms with Crippen LogP contribution in [0, 0.1) is 0 Å². The van der Waals surface area contributed by atoms with Gasteiger partial charge in [-0.05, 0) is 46.8 Å². The van der Waals surface area contributed by atoms with Crippen molar-refractivity contribution in [2.75, 3.05) is 59.4 Å². The third-order valence-electron chi connectivity index (χ3n) is 4.82. The minimum atomic E-state index is 0.220. The zero-order valence-corrected chi connectivity index (χ0v) is 13.3. The van der Waals surface area contributed by atoms with E-state index in [1.165, 1.54) is 25.9 Å². The number of carbonyl (C=O) groups excluding carboxylic acids is 1. The molecule has 5 heteroatoms. The lowest BCUT2D eigenvalue weighted by molar-refractivity contribution is 0.0668. The Morgan fingerprint density at radius 1 is 1.00 bits per heavy atom. The van der Waals surface area contributed by atoms with Gasteiger partial charge >= 0.3 is 6.03 Å². The number of likely N-dealkylation sites (tertiary alicyclic amines) is 1. The molecule has 20 heavy (non-hydrogen) atoms. The minimum absolute atomic E-state index is 0.220. The molecule has 2 aliphatic rings. The van der Waals surface area contributed by atoms with Crippen molar-refractivity contribution in [3.8, 4) is 0 Å². The highest BCUT2D eigenvalue weighted by Gasteiger charge is 2.29. The summed E-state index contributed by atoms with van der Waals surface area (Å²) in [5.74, 6) is 0. The molecule has 2 saturated heterocycles. The average molecular weight is 282 g/mol. The maximum Gasteiger partial charge on any atom is 0.320 e. The molecule has 0 aromatic rings. The predicted octanol–water partition coefficient (Wildman–Crippen LogP) is 1.16. The molecule has 2 heterocycles. The van der Waals surface area contributed by atoms with E-state index >= 15 is 0 Å². The molecule has 0 saturated carbocycles. The lowest BCUT2D eigenvalue weighted by Crippen LogP contribution is -2.56. The highest BCUT2D eigenvalue weighted by Crippen LogP contribution is 2.17. The summed E-state index contributed by atoms with van der Waals surface area (Å²) in [7, 11) is 2.21. The number of nitrogens with zero attached hydrogens (tertiary/aromatic N) is 4. The molecule has 0 N–H and O–H groups in total. The maximum atomic E-state index is 12.3. The van der Waals surface area contributed by atoms with Crippen molar-refractivity contribution in [1.29, 1.82) is 0 Å². The SMILES string of the molecule is CCN(CC)C(=O)N1CCN(C2CCN(C)CC2)CC1. The minimum Gasteiger partial charge on any atom is -0.325 e. The lowest BCUT2D eigenvalue weighted by atomic mass is 10.0. The highest BCUT2D eigenvalue weighted by molar-refractivity contribution is 5.74. The van der Waals surface area contributed by atoms with Gasteiger partial charge in [0.05, 0.1) is 0 Å². The molecule has 2 aliphatic heterocycles. The summed E-state index contributed by atoms with van der Waals surface area (Å²) >= 11 is 0. The van der Waals surface area contributed by atoms with Crippen LogP contribution in [0.5, 0.6) is 0 Å². The summed E-state index contributed by atoms with van der Waals surface area (Å²) in [6.07, 6.45) is 2.56. The van der Waals surface area contributed by atoms with Gasteiger partial charge in [0, 0.05) is 45.3 Å². The first kappa shape index (κ1) is 15.6. The van der Waals surface area contributed by atoms with E-state index in [2.05, 4.69) is 30.7 Å². The van der Waals surface area contributed by atoms with Gasteiger partial charge in [-0.1, -0.05) is 0 Å². The number of hydrogen-bond acceptors (Lipinski definition) is 3. The molecule has 5 nitrogen and oxygen atoms in total. The quantitative estimate of drug-likeness (QED) is 0.778. The van der Waals surface area contributed by atoms with Gasteiger partial charge in [-0.15, -0.1) is 0 Å². The van der Waals surface area contributed by atoms with Crippen molar-refractivity contribution in [1.82, 2.24) is 19.6 Å². The molecule has 0 aromatic heterocycles. The molecular weight excluding hydrogens is 252 g/mol. The molecular formula is C15H30N4O. The maximum absolute atomic E-state index is 12.3. The van der Waals surface area contributed by atoms with Crippen LogP contribution in [-0.4, -0.2) is 91.1 Å². The van der Waals surface area contributed by atoms with Crippen molar-refractivity contribution in [3.63, 3.8) is 0 Å². The van der Waals surface area contributed by atoms with Gasteiger partial charge in [-0.2, -0.15) is 0 Å². The number of hydrogen-bond donors (Lipinski definition) is 0. The fraction of sp³-hybridized carbons (Fsp3) is 0.933. The van der Waals surface area contributed by atoms with Gasteiger partial charge in [0.2, 0.25) is 0 Å². The van der Waals surface area contributed by atoms with Crippen molar-refractivity contribution in [2.45, 2.75) is 32.7 Å². The molecule has 116 valence electrons. The number of piperazine rings is 1. The van der Waals surface area contributed by atoms with Crippen LogP contribution >= 0.6 is 0 Å². The Hall–Kier alpha value is -0.810. The second-order valence-corrected chi connectivity index (χ2v) is 6.01. The molecule has 0 spiro atoms. The van der Waals surface area contributed by atoms with Crippen LogP contribution in [0.25, 0.3) is 0 Å². The van der Waals surface area contributed by atoms with Crippen LogP contribution in [-0.2, 0) is 0 Å². The third-order valence-corrected chi connectivity index (χ3v) is 4.82. The first-order valence-electron chi connectivity index (χ1n) is 8.12. The fourth-order valence-corrected chi connectivity index (χ4v) is 3.33. The largest absolute Gasteiger partial charge is 0.325 e. The third kappa shape index (κ3) is 3.64. The molecule has 0 atom stereocenters. The normalized spacial score (nSPS) is 23.1. The Labute approximate surface area is 123 Å². The summed E-state index contributed by atoms with van der Waals surface area (Å²) in [5.41, 5.74) is 0. The van der Waals surface area contributed by atoms with Gasteiger partial charge < -0.3 is 14.7 Å².